The zero-order valence-corrected chi connectivity index (χ0v) is 37.2. The van der Waals surface area contributed by atoms with Crippen molar-refractivity contribution in [1.29, 1.82) is 0 Å². The largest absolute Gasteiger partial charge is 0.459 e. The van der Waals surface area contributed by atoms with Crippen LogP contribution in [-0.4, -0.2) is 65.5 Å². The van der Waals surface area contributed by atoms with E-state index in [4.69, 9.17) is 18.9 Å². The molecule has 318 valence electrons. The molecule has 0 radical (unpaired) electrons. The van der Waals surface area contributed by atoms with E-state index in [-0.39, 0.29) is 40.4 Å². The van der Waals surface area contributed by atoms with Crippen LogP contribution in [0, 0.1) is 11.3 Å². The summed E-state index contributed by atoms with van der Waals surface area (Å²) in [7, 11) is 0. The summed E-state index contributed by atoms with van der Waals surface area (Å²) in [5, 5.41) is 0. The van der Waals surface area contributed by atoms with Gasteiger partial charge in [0, 0.05) is 40.9 Å². The molecule has 0 saturated heterocycles. The molecule has 0 fully saturated rings. The lowest BCUT2D eigenvalue weighted by Gasteiger charge is -2.44. The second-order valence-corrected chi connectivity index (χ2v) is 18.1. The van der Waals surface area contributed by atoms with Crippen LogP contribution >= 0.6 is 0 Å². The molecule has 0 amide bonds. The van der Waals surface area contributed by atoms with Crippen LogP contribution in [0.1, 0.15) is 155 Å². The lowest BCUT2D eigenvalue weighted by atomic mass is 9.73. The third-order valence-corrected chi connectivity index (χ3v) is 12.1. The van der Waals surface area contributed by atoms with Crippen molar-refractivity contribution in [3.05, 3.63) is 130 Å². The van der Waals surface area contributed by atoms with Crippen LogP contribution in [0.5, 0.6) is 0 Å². The minimum atomic E-state index is -1.13. The average molecular weight is 807 g/mol. The molecule has 3 aromatic rings. The van der Waals surface area contributed by atoms with Gasteiger partial charge in [0.15, 0.2) is 17.3 Å². The summed E-state index contributed by atoms with van der Waals surface area (Å²) in [5.41, 5.74) is 0.145. The summed E-state index contributed by atoms with van der Waals surface area (Å²) in [5.74, 6) is -0.987. The zero-order chi connectivity index (χ0) is 43.6. The first-order chi connectivity index (χ1) is 27.7. The number of Topliss-reactive ketones (excluding diaryl/α,β-unsaturated/α-hetero) is 2. The number of allylic oxidation sites excluding steroid dienone is 4. The van der Waals surface area contributed by atoms with Gasteiger partial charge in [-0.3, -0.25) is 14.4 Å². The molecule has 0 N–H and O–H groups in total. The third kappa shape index (κ3) is 12.5. The normalized spacial score (nSPS) is 15.2. The molecule has 1 aliphatic rings. The Morgan fingerprint density at radius 2 is 1.20 bits per heavy atom. The second kappa shape index (κ2) is 20.2. The van der Waals surface area contributed by atoms with Crippen molar-refractivity contribution in [2.24, 2.45) is 11.3 Å². The topological polar surface area (TPSA) is 105 Å². The van der Waals surface area contributed by atoms with Crippen LogP contribution in [0.2, 0.25) is 0 Å². The molecule has 4 rings (SSSR count). The molecular formula is C51H66O8. The quantitative estimate of drug-likeness (QED) is 0.0730. The highest BCUT2D eigenvalue weighted by molar-refractivity contribution is 6.17. The first-order valence-corrected chi connectivity index (χ1v) is 21.1. The Morgan fingerprint density at radius 1 is 0.644 bits per heavy atom. The first-order valence-electron chi connectivity index (χ1n) is 21.1. The number of ketones is 3. The Balaban J connectivity index is 1.25. The van der Waals surface area contributed by atoms with Crippen molar-refractivity contribution < 1.29 is 38.1 Å². The maximum atomic E-state index is 13.8. The Kier molecular flexibility index (Phi) is 16.1. The molecule has 0 saturated carbocycles. The summed E-state index contributed by atoms with van der Waals surface area (Å²) in [6.07, 6.45) is 8.61. The van der Waals surface area contributed by atoms with E-state index >= 15 is 0 Å². The maximum Gasteiger partial charge on any atom is 0.339 e. The lowest BCUT2D eigenvalue weighted by molar-refractivity contribution is -0.148. The van der Waals surface area contributed by atoms with Crippen molar-refractivity contribution in [1.82, 2.24) is 0 Å². The zero-order valence-electron chi connectivity index (χ0n) is 37.2. The molecule has 59 heavy (non-hydrogen) atoms. The van der Waals surface area contributed by atoms with E-state index < -0.39 is 28.9 Å². The summed E-state index contributed by atoms with van der Waals surface area (Å²) in [4.78, 5) is 53.5. The van der Waals surface area contributed by atoms with Gasteiger partial charge in [-0.15, -0.1) is 0 Å². The summed E-state index contributed by atoms with van der Waals surface area (Å²) in [6, 6.07) is 22.7. The smallest absolute Gasteiger partial charge is 0.339 e. The maximum absolute atomic E-state index is 13.8. The van der Waals surface area contributed by atoms with Gasteiger partial charge in [-0.25, -0.2) is 4.79 Å². The van der Waals surface area contributed by atoms with Crippen molar-refractivity contribution in [2.45, 2.75) is 137 Å². The number of esters is 1. The van der Waals surface area contributed by atoms with E-state index in [0.717, 1.165) is 12.8 Å². The van der Waals surface area contributed by atoms with Gasteiger partial charge in [0.1, 0.15) is 11.7 Å². The number of ether oxygens (including phenoxy) is 4. The average Bonchev–Trinajstić information content (AvgIpc) is 3.19. The van der Waals surface area contributed by atoms with Crippen LogP contribution < -0.4 is 0 Å². The van der Waals surface area contributed by atoms with Gasteiger partial charge in [-0.05, 0) is 98.5 Å². The highest BCUT2D eigenvalue weighted by atomic mass is 16.5. The number of benzene rings is 3. The van der Waals surface area contributed by atoms with E-state index in [2.05, 4.69) is 55.4 Å². The van der Waals surface area contributed by atoms with Gasteiger partial charge in [0.2, 0.25) is 0 Å². The molecule has 8 nitrogen and oxygen atoms in total. The minimum Gasteiger partial charge on any atom is -0.459 e. The van der Waals surface area contributed by atoms with E-state index in [0.29, 0.717) is 60.3 Å². The number of carbonyl (C=O) groups excluding carboxylic acids is 4. The minimum absolute atomic E-state index is 0.0911. The SMILES string of the molecule is CC(CCOC(C)(C)C(C)(C)CC(C)OC(C)(C)C(C)CCOC(C)(C)C(=O)c1ccccc1C(=O)C1=CC=CCC1)OC(=O)c1ccccc1C(=O)c1ccccc1. The van der Waals surface area contributed by atoms with Crippen molar-refractivity contribution in [2.75, 3.05) is 13.2 Å². The third-order valence-electron chi connectivity index (χ3n) is 12.1. The summed E-state index contributed by atoms with van der Waals surface area (Å²) < 4.78 is 25.2. The molecular weight excluding hydrogens is 741 g/mol. The number of hydrogen-bond donors (Lipinski definition) is 0. The highest BCUT2D eigenvalue weighted by Gasteiger charge is 2.41. The van der Waals surface area contributed by atoms with Crippen LogP contribution in [0.4, 0.5) is 0 Å². The van der Waals surface area contributed by atoms with Crippen molar-refractivity contribution in [3.8, 4) is 0 Å². The molecule has 3 aromatic carbocycles. The molecule has 3 unspecified atom stereocenters. The molecule has 0 bridgehead atoms. The Morgan fingerprint density at radius 3 is 1.81 bits per heavy atom. The fraction of sp³-hybridized carbons (Fsp3) is 0.490. The highest BCUT2D eigenvalue weighted by Crippen LogP contribution is 2.40. The molecule has 0 aliphatic heterocycles. The van der Waals surface area contributed by atoms with Crippen LogP contribution in [0.25, 0.3) is 0 Å². The Hall–Kier alpha value is -4.50. The van der Waals surface area contributed by atoms with Crippen LogP contribution in [0.15, 0.2) is 103 Å². The lowest BCUT2D eigenvalue weighted by Crippen LogP contribution is -2.46. The molecule has 0 spiro atoms. The second-order valence-electron chi connectivity index (χ2n) is 18.1. The van der Waals surface area contributed by atoms with E-state index in [1.807, 2.05) is 31.2 Å². The van der Waals surface area contributed by atoms with E-state index in [1.165, 1.54) is 0 Å². The fourth-order valence-corrected chi connectivity index (χ4v) is 7.30. The van der Waals surface area contributed by atoms with Gasteiger partial charge in [0.25, 0.3) is 0 Å². The monoisotopic (exact) mass is 806 g/mol. The summed E-state index contributed by atoms with van der Waals surface area (Å²) >= 11 is 0. The molecule has 0 aromatic heterocycles. The van der Waals surface area contributed by atoms with Gasteiger partial charge in [0.05, 0.1) is 29.5 Å². The Labute approximate surface area is 352 Å². The predicted octanol–water partition coefficient (Wildman–Crippen LogP) is 11.4. The van der Waals surface area contributed by atoms with Gasteiger partial charge >= 0.3 is 5.97 Å². The van der Waals surface area contributed by atoms with Crippen LogP contribution in [0.3, 0.4) is 0 Å². The van der Waals surface area contributed by atoms with E-state index in [1.54, 1.807) is 86.6 Å². The number of hydrogen-bond acceptors (Lipinski definition) is 8. The van der Waals surface area contributed by atoms with Gasteiger partial charge in [-0.2, -0.15) is 0 Å². The molecule has 8 heteroatoms. The van der Waals surface area contributed by atoms with Crippen molar-refractivity contribution in [3.63, 3.8) is 0 Å². The number of carbonyl (C=O) groups is 4. The molecule has 0 heterocycles. The predicted molar refractivity (Wildman–Crippen MR) is 234 cm³/mol. The van der Waals surface area contributed by atoms with Crippen molar-refractivity contribution >= 4 is 23.3 Å². The number of rotatable bonds is 22. The Bertz CT molecular complexity index is 1980. The van der Waals surface area contributed by atoms with Crippen LogP contribution in [-0.2, 0) is 18.9 Å². The van der Waals surface area contributed by atoms with Gasteiger partial charge in [-0.1, -0.05) is 112 Å². The summed E-state index contributed by atoms with van der Waals surface area (Å²) in [6.45, 7) is 23.0. The molecule has 3 atom stereocenters. The standard InChI is InChI=1S/C51H66O8/c1-35(30-32-56-50(8,9)46(54)42-28-20-18-26-40(42)44(52)38-22-14-12-15-23-38)49(6,7)59-37(3)34-48(4,5)51(10,11)57-33-31-36(2)58-47(55)43-29-21-19-27-41(43)45(53)39-24-16-13-17-25-39/h12-14,16-22,24-29,35-37H,15,23,30-34H2,1-11H3. The molecule has 1 aliphatic carbocycles. The first kappa shape index (κ1) is 47.2. The van der Waals surface area contributed by atoms with E-state index in [9.17, 15) is 19.2 Å². The van der Waals surface area contributed by atoms with Gasteiger partial charge < -0.3 is 18.9 Å². The fourth-order valence-electron chi connectivity index (χ4n) is 7.30.